The molecular formula is C25H25N3O3. The average Bonchev–Trinajstić information content (AvgIpc) is 2.78. The SMILES string of the molecule is CCc1cc2cc(OCCOC)c(C(C)(C#N)Cc3cccc(C#N)c3)cc2[nH]c1=O. The Kier molecular flexibility index (Phi) is 6.74. The standard InChI is InChI=1S/C25H25N3O3/c1-4-19-11-20-12-23(31-9-8-30-3)21(13-22(20)28-24(19)29)25(2,16-27)14-17-6-5-7-18(10-17)15-26/h5-7,10-13H,4,8-9,14H2,1-3H3,(H,28,29). The van der Waals surface area contributed by atoms with Gasteiger partial charge in [0.05, 0.1) is 29.7 Å². The Labute approximate surface area is 181 Å². The number of nitrogens with one attached hydrogen (secondary N) is 1. The lowest BCUT2D eigenvalue weighted by Crippen LogP contribution is -2.25. The molecule has 0 saturated heterocycles. The first kappa shape index (κ1) is 22.1. The van der Waals surface area contributed by atoms with E-state index in [4.69, 9.17) is 9.47 Å². The molecule has 6 heteroatoms. The Morgan fingerprint density at radius 3 is 2.61 bits per heavy atom. The predicted molar refractivity (Wildman–Crippen MR) is 119 cm³/mol. The van der Waals surface area contributed by atoms with Gasteiger partial charge in [-0.15, -0.1) is 0 Å². The van der Waals surface area contributed by atoms with Crippen LogP contribution in [0.25, 0.3) is 10.9 Å². The molecule has 2 aromatic carbocycles. The number of benzene rings is 2. The van der Waals surface area contributed by atoms with Crippen molar-refractivity contribution < 1.29 is 9.47 Å². The molecule has 1 unspecified atom stereocenters. The summed E-state index contributed by atoms with van der Waals surface area (Å²) in [6.45, 7) is 4.53. The Balaban J connectivity index is 2.15. The van der Waals surface area contributed by atoms with E-state index in [9.17, 15) is 15.3 Å². The van der Waals surface area contributed by atoms with E-state index in [0.717, 1.165) is 10.9 Å². The predicted octanol–water partition coefficient (Wildman–Crippen LogP) is 4.01. The summed E-state index contributed by atoms with van der Waals surface area (Å²) < 4.78 is 11.1. The monoisotopic (exact) mass is 415 g/mol. The molecule has 1 N–H and O–H groups in total. The lowest BCUT2D eigenvalue weighted by molar-refractivity contribution is 0.145. The van der Waals surface area contributed by atoms with Crippen LogP contribution < -0.4 is 10.3 Å². The van der Waals surface area contributed by atoms with Gasteiger partial charge in [0.1, 0.15) is 12.4 Å². The maximum Gasteiger partial charge on any atom is 0.251 e. The zero-order valence-electron chi connectivity index (χ0n) is 18.0. The first-order valence-corrected chi connectivity index (χ1v) is 10.2. The van der Waals surface area contributed by atoms with Crippen molar-refractivity contribution >= 4 is 10.9 Å². The molecule has 158 valence electrons. The van der Waals surface area contributed by atoms with Crippen molar-refractivity contribution in [2.24, 2.45) is 0 Å². The maximum absolute atomic E-state index is 12.4. The number of rotatable bonds is 8. The van der Waals surface area contributed by atoms with Gasteiger partial charge in [0.2, 0.25) is 0 Å². The van der Waals surface area contributed by atoms with Gasteiger partial charge in [-0.05, 0) is 55.7 Å². The Hall–Kier alpha value is -3.61. The maximum atomic E-state index is 12.4. The molecule has 0 aliphatic carbocycles. The smallest absolute Gasteiger partial charge is 0.251 e. The average molecular weight is 415 g/mol. The molecule has 0 radical (unpaired) electrons. The van der Waals surface area contributed by atoms with Crippen LogP contribution >= 0.6 is 0 Å². The highest BCUT2D eigenvalue weighted by Crippen LogP contribution is 2.37. The van der Waals surface area contributed by atoms with Crippen molar-refractivity contribution in [2.75, 3.05) is 20.3 Å². The highest BCUT2D eigenvalue weighted by molar-refractivity contribution is 5.82. The molecule has 1 aromatic heterocycles. The summed E-state index contributed by atoms with van der Waals surface area (Å²) in [7, 11) is 1.60. The van der Waals surface area contributed by atoms with Crippen LogP contribution in [-0.2, 0) is 23.0 Å². The number of fused-ring (bicyclic) bond motifs is 1. The van der Waals surface area contributed by atoms with E-state index in [-0.39, 0.29) is 5.56 Å². The minimum atomic E-state index is -0.939. The minimum absolute atomic E-state index is 0.130. The summed E-state index contributed by atoms with van der Waals surface area (Å²) >= 11 is 0. The first-order chi connectivity index (χ1) is 14.9. The Morgan fingerprint density at radius 1 is 1.13 bits per heavy atom. The van der Waals surface area contributed by atoms with Crippen LogP contribution in [0.1, 0.15) is 36.1 Å². The summed E-state index contributed by atoms with van der Waals surface area (Å²) in [6.07, 6.45) is 1.01. The number of ether oxygens (including phenoxy) is 2. The fourth-order valence-electron chi connectivity index (χ4n) is 3.68. The lowest BCUT2D eigenvalue weighted by Gasteiger charge is -2.26. The molecule has 6 nitrogen and oxygen atoms in total. The fourth-order valence-corrected chi connectivity index (χ4v) is 3.68. The molecule has 1 atom stereocenters. The van der Waals surface area contributed by atoms with Gasteiger partial charge in [-0.1, -0.05) is 19.1 Å². The number of nitrogens with zero attached hydrogens (tertiary/aromatic N) is 2. The van der Waals surface area contributed by atoms with E-state index in [1.165, 1.54) is 0 Å². The van der Waals surface area contributed by atoms with Crippen LogP contribution in [0.15, 0.2) is 47.3 Å². The highest BCUT2D eigenvalue weighted by atomic mass is 16.5. The molecule has 31 heavy (non-hydrogen) atoms. The van der Waals surface area contributed by atoms with Crippen LogP contribution in [0.4, 0.5) is 0 Å². The van der Waals surface area contributed by atoms with E-state index >= 15 is 0 Å². The molecule has 0 aliphatic heterocycles. The summed E-state index contributed by atoms with van der Waals surface area (Å²) in [5.74, 6) is 0.583. The normalized spacial score (nSPS) is 12.7. The largest absolute Gasteiger partial charge is 0.491 e. The molecule has 0 saturated carbocycles. The summed E-state index contributed by atoms with van der Waals surface area (Å²) in [5, 5.41) is 20.2. The zero-order valence-corrected chi connectivity index (χ0v) is 18.0. The summed E-state index contributed by atoms with van der Waals surface area (Å²) in [4.78, 5) is 15.3. The van der Waals surface area contributed by atoms with Gasteiger partial charge < -0.3 is 14.5 Å². The van der Waals surface area contributed by atoms with Crippen LogP contribution in [0.5, 0.6) is 5.75 Å². The number of nitriles is 2. The molecular weight excluding hydrogens is 390 g/mol. The zero-order chi connectivity index (χ0) is 22.4. The first-order valence-electron chi connectivity index (χ1n) is 10.2. The number of aryl methyl sites for hydroxylation is 1. The third-order valence-corrected chi connectivity index (χ3v) is 5.40. The van der Waals surface area contributed by atoms with Crippen molar-refractivity contribution in [2.45, 2.75) is 32.1 Å². The third kappa shape index (κ3) is 4.77. The number of aromatic amines is 1. The number of methoxy groups -OCH3 is 1. The lowest BCUT2D eigenvalue weighted by atomic mass is 9.77. The van der Waals surface area contributed by atoms with Gasteiger partial charge in [-0.2, -0.15) is 10.5 Å². The number of hydrogen-bond donors (Lipinski definition) is 1. The number of pyridine rings is 1. The van der Waals surface area contributed by atoms with E-state index < -0.39 is 5.41 Å². The van der Waals surface area contributed by atoms with E-state index in [2.05, 4.69) is 17.1 Å². The number of aromatic nitrogens is 1. The Morgan fingerprint density at radius 2 is 1.94 bits per heavy atom. The van der Waals surface area contributed by atoms with Gasteiger partial charge in [-0.3, -0.25) is 4.79 Å². The van der Waals surface area contributed by atoms with Crippen molar-refractivity contribution in [3.8, 4) is 17.9 Å². The molecule has 0 amide bonds. The van der Waals surface area contributed by atoms with Crippen LogP contribution in [0.2, 0.25) is 0 Å². The minimum Gasteiger partial charge on any atom is -0.491 e. The molecule has 0 bridgehead atoms. The second-order valence-electron chi connectivity index (χ2n) is 7.69. The van der Waals surface area contributed by atoms with Crippen molar-refractivity contribution in [3.63, 3.8) is 0 Å². The van der Waals surface area contributed by atoms with E-state index in [1.54, 1.807) is 19.2 Å². The van der Waals surface area contributed by atoms with Crippen molar-refractivity contribution in [1.29, 1.82) is 10.5 Å². The van der Waals surface area contributed by atoms with Crippen LogP contribution in [0.3, 0.4) is 0 Å². The van der Waals surface area contributed by atoms with E-state index in [1.807, 2.05) is 44.2 Å². The van der Waals surface area contributed by atoms with Gasteiger partial charge >= 0.3 is 0 Å². The second-order valence-corrected chi connectivity index (χ2v) is 7.69. The molecule has 1 heterocycles. The highest BCUT2D eigenvalue weighted by Gasteiger charge is 2.31. The molecule has 0 fully saturated rings. The van der Waals surface area contributed by atoms with Gasteiger partial charge in [0.15, 0.2) is 0 Å². The summed E-state index contributed by atoms with van der Waals surface area (Å²) in [5.41, 5.74) is 2.38. The number of hydrogen-bond acceptors (Lipinski definition) is 5. The second kappa shape index (κ2) is 9.47. The molecule has 3 aromatic rings. The Bertz CT molecular complexity index is 1230. The van der Waals surface area contributed by atoms with Gasteiger partial charge in [0, 0.05) is 29.1 Å². The van der Waals surface area contributed by atoms with Crippen molar-refractivity contribution in [1.82, 2.24) is 4.98 Å². The van der Waals surface area contributed by atoms with E-state index in [0.29, 0.717) is 54.0 Å². The van der Waals surface area contributed by atoms with Crippen LogP contribution in [0, 0.1) is 22.7 Å². The topological polar surface area (TPSA) is 98.9 Å². The quantitative estimate of drug-likeness (QED) is 0.561. The summed E-state index contributed by atoms with van der Waals surface area (Å²) in [6, 6.07) is 17.4. The molecule has 0 aliphatic rings. The molecule has 0 spiro atoms. The molecule has 3 rings (SSSR count). The van der Waals surface area contributed by atoms with Gasteiger partial charge in [0.25, 0.3) is 5.56 Å². The fraction of sp³-hybridized carbons (Fsp3) is 0.320. The van der Waals surface area contributed by atoms with Crippen molar-refractivity contribution in [3.05, 3.63) is 75.1 Å². The van der Waals surface area contributed by atoms with Gasteiger partial charge in [-0.25, -0.2) is 0 Å². The third-order valence-electron chi connectivity index (χ3n) is 5.40. The van der Waals surface area contributed by atoms with Crippen LogP contribution in [-0.4, -0.2) is 25.3 Å². The number of H-pyrrole nitrogens is 1.